The molecule has 39 heavy (non-hydrogen) atoms. The maximum atomic E-state index is 13.5. The van der Waals surface area contributed by atoms with Gasteiger partial charge >= 0.3 is 5.97 Å². The highest BCUT2D eigenvalue weighted by Crippen LogP contribution is 2.22. The smallest absolute Gasteiger partial charge is 0.308 e. The van der Waals surface area contributed by atoms with Crippen molar-refractivity contribution in [2.45, 2.75) is 90.1 Å². The number of likely N-dealkylation sites (N-methyl/N-ethyl adjacent to an activating group) is 2. The van der Waals surface area contributed by atoms with Crippen molar-refractivity contribution in [1.82, 2.24) is 25.3 Å². The third-order valence-electron chi connectivity index (χ3n) is 7.38. The second-order valence-corrected chi connectivity index (χ2v) is 10.5. The number of nitrogens with one attached hydrogen (secondary N) is 2. The maximum absolute atomic E-state index is 13.5. The van der Waals surface area contributed by atoms with Gasteiger partial charge < -0.3 is 30.1 Å². The van der Waals surface area contributed by atoms with Gasteiger partial charge in [0.2, 0.25) is 23.6 Å². The van der Waals surface area contributed by atoms with Gasteiger partial charge in [-0.1, -0.05) is 26.8 Å². The summed E-state index contributed by atoms with van der Waals surface area (Å²) in [4.78, 5) is 82.9. The second kappa shape index (κ2) is 14.1. The van der Waals surface area contributed by atoms with Gasteiger partial charge in [-0.25, -0.2) is 0 Å². The van der Waals surface area contributed by atoms with Crippen LogP contribution >= 0.6 is 0 Å². The van der Waals surface area contributed by atoms with Crippen molar-refractivity contribution in [3.05, 3.63) is 12.7 Å². The molecular formula is C27H43N5O7. The molecule has 2 aliphatic heterocycles. The summed E-state index contributed by atoms with van der Waals surface area (Å²) in [6, 6.07) is -3.52. The van der Waals surface area contributed by atoms with E-state index in [9.17, 15) is 28.8 Å². The molecule has 2 rings (SSSR count). The number of carbonyl (C=O) groups excluding carboxylic acids is 6. The first-order valence-corrected chi connectivity index (χ1v) is 13.6. The Morgan fingerprint density at radius 2 is 1.69 bits per heavy atom. The predicted octanol–water partition coefficient (Wildman–Crippen LogP) is 0.210. The average molecular weight is 550 g/mol. The van der Waals surface area contributed by atoms with E-state index in [1.165, 1.54) is 34.9 Å². The Balaban J connectivity index is 2.45. The Kier molecular flexibility index (Phi) is 11.5. The van der Waals surface area contributed by atoms with Crippen LogP contribution in [0.15, 0.2) is 12.7 Å². The number of amides is 5. The molecule has 5 atom stereocenters. The zero-order chi connectivity index (χ0) is 29.4. The molecule has 218 valence electrons. The van der Waals surface area contributed by atoms with E-state index in [4.69, 9.17) is 4.74 Å². The normalized spacial score (nSPS) is 28.8. The molecule has 0 aromatic carbocycles. The molecule has 2 aliphatic rings. The van der Waals surface area contributed by atoms with Crippen LogP contribution in [0.5, 0.6) is 0 Å². The van der Waals surface area contributed by atoms with Gasteiger partial charge in [0.1, 0.15) is 24.2 Å². The Labute approximate surface area is 230 Å². The maximum Gasteiger partial charge on any atom is 0.308 e. The molecule has 5 amide bonds. The van der Waals surface area contributed by atoms with E-state index in [-0.39, 0.29) is 31.7 Å². The molecule has 0 aromatic rings. The molecule has 0 spiro atoms. The zero-order valence-electron chi connectivity index (χ0n) is 23.9. The number of cyclic esters (lactones) is 1. The van der Waals surface area contributed by atoms with Crippen LogP contribution in [0.25, 0.3) is 0 Å². The van der Waals surface area contributed by atoms with Crippen LogP contribution in [0.4, 0.5) is 0 Å². The summed E-state index contributed by atoms with van der Waals surface area (Å²) in [5, 5.41) is 5.39. The summed E-state index contributed by atoms with van der Waals surface area (Å²) in [7, 11) is 2.99. The number of rotatable bonds is 4. The number of fused-ring (bicyclic) bond motifs is 1. The lowest BCUT2D eigenvalue weighted by Crippen LogP contribution is -2.59. The minimum Gasteiger partial charge on any atom is -0.452 e. The van der Waals surface area contributed by atoms with E-state index in [0.717, 1.165) is 0 Å². The van der Waals surface area contributed by atoms with Crippen LogP contribution < -0.4 is 10.6 Å². The van der Waals surface area contributed by atoms with Crippen LogP contribution in [0.1, 0.15) is 59.8 Å². The van der Waals surface area contributed by atoms with Crippen LogP contribution in [0.2, 0.25) is 0 Å². The molecule has 0 aromatic heterocycles. The van der Waals surface area contributed by atoms with Crippen molar-refractivity contribution in [2.75, 3.05) is 27.2 Å². The van der Waals surface area contributed by atoms with Gasteiger partial charge in [0.15, 0.2) is 6.10 Å². The zero-order valence-corrected chi connectivity index (χ0v) is 23.9. The summed E-state index contributed by atoms with van der Waals surface area (Å²) < 4.78 is 5.42. The molecule has 0 radical (unpaired) electrons. The van der Waals surface area contributed by atoms with E-state index < -0.39 is 65.8 Å². The number of ether oxygens (including phenoxy) is 1. The molecule has 2 heterocycles. The van der Waals surface area contributed by atoms with Crippen molar-refractivity contribution in [2.24, 2.45) is 5.92 Å². The van der Waals surface area contributed by atoms with E-state index in [1.54, 1.807) is 27.7 Å². The van der Waals surface area contributed by atoms with Crippen molar-refractivity contribution in [3.63, 3.8) is 0 Å². The lowest BCUT2D eigenvalue weighted by atomic mass is 9.99. The number of carbonyl (C=O) groups is 6. The first kappa shape index (κ1) is 31.8. The Bertz CT molecular complexity index is 968. The topological polar surface area (TPSA) is 145 Å². The largest absolute Gasteiger partial charge is 0.452 e. The highest BCUT2D eigenvalue weighted by atomic mass is 16.5. The molecule has 5 unspecified atom stereocenters. The van der Waals surface area contributed by atoms with Gasteiger partial charge in [-0.15, -0.1) is 6.58 Å². The van der Waals surface area contributed by atoms with Crippen molar-refractivity contribution in [1.29, 1.82) is 0 Å². The SMILES string of the molecule is C=CCC1OC(=O)CCNC(=O)C(C)N(C)C(=O)C(C(C)C)N(C)C(=O)C(CC)NC(=O)C2CCCN2C1=O. The Morgan fingerprint density at radius 3 is 2.28 bits per heavy atom. The fourth-order valence-corrected chi connectivity index (χ4v) is 4.95. The number of hydrogen-bond donors (Lipinski definition) is 2. The molecule has 2 N–H and O–H groups in total. The highest BCUT2D eigenvalue weighted by molar-refractivity contribution is 5.96. The summed E-state index contributed by atoms with van der Waals surface area (Å²) in [6.45, 7) is 10.8. The lowest BCUT2D eigenvalue weighted by Gasteiger charge is -2.37. The molecule has 0 saturated carbocycles. The number of esters is 1. The highest BCUT2D eigenvalue weighted by Gasteiger charge is 2.41. The van der Waals surface area contributed by atoms with Gasteiger partial charge in [-0.3, -0.25) is 28.8 Å². The Morgan fingerprint density at radius 1 is 1.03 bits per heavy atom. The fourth-order valence-electron chi connectivity index (χ4n) is 4.95. The van der Waals surface area contributed by atoms with E-state index in [0.29, 0.717) is 19.4 Å². The molecule has 2 fully saturated rings. The van der Waals surface area contributed by atoms with Crippen LogP contribution in [0, 0.1) is 5.92 Å². The Hall–Kier alpha value is -3.44. The van der Waals surface area contributed by atoms with Crippen LogP contribution in [-0.2, 0) is 33.5 Å². The van der Waals surface area contributed by atoms with E-state index in [2.05, 4.69) is 17.2 Å². The average Bonchev–Trinajstić information content (AvgIpc) is 3.39. The van der Waals surface area contributed by atoms with E-state index in [1.807, 2.05) is 0 Å². The molecule has 0 bridgehead atoms. The van der Waals surface area contributed by atoms with Crippen LogP contribution in [-0.4, -0.2) is 108 Å². The second-order valence-electron chi connectivity index (χ2n) is 10.5. The summed E-state index contributed by atoms with van der Waals surface area (Å²) in [5.41, 5.74) is 0. The first-order chi connectivity index (χ1) is 18.3. The van der Waals surface area contributed by atoms with Gasteiger partial charge in [-0.2, -0.15) is 0 Å². The summed E-state index contributed by atoms with van der Waals surface area (Å²) in [5.74, 6) is -3.33. The molecular weight excluding hydrogens is 506 g/mol. The monoisotopic (exact) mass is 549 g/mol. The molecule has 12 nitrogen and oxygen atoms in total. The van der Waals surface area contributed by atoms with E-state index >= 15 is 0 Å². The number of hydrogen-bond acceptors (Lipinski definition) is 7. The minimum atomic E-state index is -1.16. The number of nitrogens with zero attached hydrogens (tertiary/aromatic N) is 3. The molecule has 0 aliphatic carbocycles. The van der Waals surface area contributed by atoms with Crippen molar-refractivity contribution in [3.8, 4) is 0 Å². The van der Waals surface area contributed by atoms with Crippen molar-refractivity contribution >= 4 is 35.5 Å². The third-order valence-corrected chi connectivity index (χ3v) is 7.38. The summed E-state index contributed by atoms with van der Waals surface area (Å²) >= 11 is 0. The quantitative estimate of drug-likeness (QED) is 0.377. The first-order valence-electron chi connectivity index (χ1n) is 13.6. The minimum absolute atomic E-state index is 0.0576. The fraction of sp³-hybridized carbons (Fsp3) is 0.704. The summed E-state index contributed by atoms with van der Waals surface area (Å²) in [6.07, 6.45) is 1.40. The van der Waals surface area contributed by atoms with Gasteiger partial charge in [0.05, 0.1) is 6.42 Å². The van der Waals surface area contributed by atoms with Gasteiger partial charge in [0, 0.05) is 33.6 Å². The molecule has 12 heteroatoms. The predicted molar refractivity (Wildman–Crippen MR) is 143 cm³/mol. The van der Waals surface area contributed by atoms with Gasteiger partial charge in [-0.05, 0) is 32.1 Å². The van der Waals surface area contributed by atoms with Crippen molar-refractivity contribution < 1.29 is 33.5 Å². The van der Waals surface area contributed by atoms with Gasteiger partial charge in [0.25, 0.3) is 5.91 Å². The van der Waals surface area contributed by atoms with Crippen LogP contribution in [0.3, 0.4) is 0 Å². The standard InChI is InChI=1S/C27H43N5O7/c1-8-11-20-26(37)32-15-10-12-19(32)24(35)29-18(9-2)25(36)31(7)22(16(3)4)27(38)30(6)17(5)23(34)28-14-13-21(33)39-20/h8,16-20,22H,1,9-15H2,2-7H3,(H,28,34)(H,29,35). The molecule has 2 saturated heterocycles. The third kappa shape index (κ3) is 7.57. The lowest BCUT2D eigenvalue weighted by molar-refractivity contribution is -0.161.